The van der Waals surface area contributed by atoms with E-state index in [0.717, 1.165) is 11.8 Å². The zero-order chi connectivity index (χ0) is 18.9. The van der Waals surface area contributed by atoms with E-state index in [0.29, 0.717) is 36.0 Å². The fraction of sp³-hybridized carbons (Fsp3) is 0.278. The number of terminal acetylenes is 1. The van der Waals surface area contributed by atoms with E-state index in [1.165, 1.54) is 6.08 Å². The average Bonchev–Trinajstić information content (AvgIpc) is 3.08. The molecule has 1 aromatic heterocycles. The Morgan fingerprint density at radius 3 is 2.77 bits per heavy atom. The first-order chi connectivity index (χ1) is 12.6. The molecule has 7 nitrogen and oxygen atoms in total. The summed E-state index contributed by atoms with van der Waals surface area (Å²) in [6.07, 6.45) is 7.28. The van der Waals surface area contributed by atoms with Crippen molar-refractivity contribution >= 4 is 23.8 Å². The largest absolute Gasteiger partial charge is 0.490 e. The minimum Gasteiger partial charge on any atom is -0.490 e. The summed E-state index contributed by atoms with van der Waals surface area (Å²) in [6.45, 7) is 4.26. The Kier molecular flexibility index (Phi) is 7.12. The maximum absolute atomic E-state index is 11.5. The number of aryl methyl sites for hydroxylation is 1. The Morgan fingerprint density at radius 2 is 2.15 bits per heavy atom. The van der Waals surface area contributed by atoms with Gasteiger partial charge in [0.25, 0.3) is 5.22 Å². The van der Waals surface area contributed by atoms with Crippen LogP contribution >= 0.6 is 11.8 Å². The maximum Gasteiger partial charge on any atom is 0.342 e. The Balaban J connectivity index is 2.29. The van der Waals surface area contributed by atoms with Crippen molar-refractivity contribution in [1.82, 2.24) is 10.2 Å². The molecule has 136 valence electrons. The highest BCUT2D eigenvalue weighted by molar-refractivity contribution is 8.03. The number of ether oxygens (including phenoxy) is 2. The highest BCUT2D eigenvalue weighted by Crippen LogP contribution is 2.32. The number of hydrogen-bond acceptors (Lipinski definition) is 7. The maximum atomic E-state index is 11.5. The highest BCUT2D eigenvalue weighted by atomic mass is 32.2. The first kappa shape index (κ1) is 19.4. The van der Waals surface area contributed by atoms with Crippen molar-refractivity contribution in [2.24, 2.45) is 0 Å². The summed E-state index contributed by atoms with van der Waals surface area (Å²) in [4.78, 5) is 11.6. The lowest BCUT2D eigenvalue weighted by atomic mass is 10.2. The molecule has 1 heterocycles. The minimum absolute atomic E-state index is 0.0380. The molecular weight excluding hydrogens is 356 g/mol. The third-order valence-corrected chi connectivity index (χ3v) is 3.89. The molecule has 1 aromatic carbocycles. The molecule has 0 fully saturated rings. The van der Waals surface area contributed by atoms with Crippen molar-refractivity contribution in [2.75, 3.05) is 13.2 Å². The van der Waals surface area contributed by atoms with E-state index in [1.807, 2.05) is 13.8 Å². The molecule has 0 atom stereocenters. The number of carboxylic acids is 1. The van der Waals surface area contributed by atoms with Crippen LogP contribution in [-0.4, -0.2) is 34.5 Å². The average molecular weight is 374 g/mol. The molecular formula is C18H18N2O5S. The van der Waals surface area contributed by atoms with Gasteiger partial charge < -0.3 is 19.0 Å². The van der Waals surface area contributed by atoms with Crippen molar-refractivity contribution in [3.05, 3.63) is 34.6 Å². The van der Waals surface area contributed by atoms with Gasteiger partial charge in [0.1, 0.15) is 11.5 Å². The van der Waals surface area contributed by atoms with E-state index < -0.39 is 5.97 Å². The number of thioether (sulfide) groups is 1. The molecule has 0 amide bonds. The van der Waals surface area contributed by atoms with Crippen LogP contribution in [0.2, 0.25) is 0 Å². The van der Waals surface area contributed by atoms with E-state index >= 15 is 0 Å². The SMILES string of the molecule is C#CCOc1ccc(/C=C(\Sc2nnc(CC)o2)C(=O)O)cc1OCC. The van der Waals surface area contributed by atoms with Gasteiger partial charge in [0.2, 0.25) is 5.89 Å². The summed E-state index contributed by atoms with van der Waals surface area (Å²) in [5.74, 6) is 2.72. The Labute approximate surface area is 155 Å². The van der Waals surface area contributed by atoms with Gasteiger partial charge in [-0.25, -0.2) is 4.79 Å². The molecule has 2 aromatic rings. The van der Waals surface area contributed by atoms with Crippen molar-refractivity contribution < 1.29 is 23.8 Å². The van der Waals surface area contributed by atoms with Gasteiger partial charge in [0.15, 0.2) is 11.5 Å². The topological polar surface area (TPSA) is 94.7 Å². The van der Waals surface area contributed by atoms with Gasteiger partial charge in [-0.3, -0.25) is 0 Å². The molecule has 26 heavy (non-hydrogen) atoms. The van der Waals surface area contributed by atoms with Crippen LogP contribution < -0.4 is 9.47 Å². The number of aromatic nitrogens is 2. The highest BCUT2D eigenvalue weighted by Gasteiger charge is 2.15. The molecule has 8 heteroatoms. The standard InChI is InChI=1S/C18H18N2O5S/c1-4-9-24-13-8-7-12(10-14(13)23-6-3)11-15(17(21)22)26-18-20-19-16(5-2)25-18/h1,7-8,10-11H,5-6,9H2,2-3H3,(H,21,22)/b15-11-. The van der Waals surface area contributed by atoms with Crippen molar-refractivity contribution in [3.8, 4) is 23.8 Å². The molecule has 0 aliphatic heterocycles. The summed E-state index contributed by atoms with van der Waals surface area (Å²) >= 11 is 0.888. The number of rotatable bonds is 9. The lowest BCUT2D eigenvalue weighted by Gasteiger charge is -2.11. The molecule has 0 radical (unpaired) electrons. The Bertz CT molecular complexity index is 838. The zero-order valence-corrected chi connectivity index (χ0v) is 15.2. The minimum atomic E-state index is -1.10. The molecule has 0 saturated heterocycles. The van der Waals surface area contributed by atoms with Gasteiger partial charge in [0.05, 0.1) is 6.61 Å². The third-order valence-electron chi connectivity index (χ3n) is 3.04. The summed E-state index contributed by atoms with van der Waals surface area (Å²) < 4.78 is 16.3. The number of aliphatic carboxylic acids is 1. The summed E-state index contributed by atoms with van der Waals surface area (Å²) in [6, 6.07) is 5.08. The summed E-state index contributed by atoms with van der Waals surface area (Å²) in [5.41, 5.74) is 0.627. The van der Waals surface area contributed by atoms with E-state index in [-0.39, 0.29) is 16.7 Å². The first-order valence-electron chi connectivity index (χ1n) is 7.85. The predicted molar refractivity (Wildman–Crippen MR) is 97.1 cm³/mol. The molecule has 0 aliphatic carbocycles. The fourth-order valence-electron chi connectivity index (χ4n) is 1.92. The number of benzene rings is 1. The van der Waals surface area contributed by atoms with Gasteiger partial charge in [-0.2, -0.15) is 0 Å². The monoisotopic (exact) mass is 374 g/mol. The molecule has 0 saturated carbocycles. The van der Waals surface area contributed by atoms with Crippen molar-refractivity contribution in [2.45, 2.75) is 25.5 Å². The molecule has 1 N–H and O–H groups in total. The second kappa shape index (κ2) is 9.53. The van der Waals surface area contributed by atoms with Crippen LogP contribution in [0.25, 0.3) is 6.08 Å². The van der Waals surface area contributed by atoms with Crippen LogP contribution in [0.4, 0.5) is 0 Å². The smallest absolute Gasteiger partial charge is 0.342 e. The number of carbonyl (C=O) groups is 1. The van der Waals surface area contributed by atoms with Crippen LogP contribution in [0.5, 0.6) is 11.5 Å². The molecule has 2 rings (SSSR count). The summed E-state index contributed by atoms with van der Waals surface area (Å²) in [7, 11) is 0. The Hall–Kier alpha value is -2.92. The normalized spacial score (nSPS) is 11.0. The molecule has 0 aliphatic rings. The van der Waals surface area contributed by atoms with E-state index in [2.05, 4.69) is 16.1 Å². The second-order valence-electron chi connectivity index (χ2n) is 4.86. The van der Waals surface area contributed by atoms with Crippen molar-refractivity contribution in [3.63, 3.8) is 0 Å². The number of nitrogens with zero attached hydrogens (tertiary/aromatic N) is 2. The lowest BCUT2D eigenvalue weighted by Crippen LogP contribution is -2.00. The number of carboxylic acid groups (broad SMARTS) is 1. The number of hydrogen-bond donors (Lipinski definition) is 1. The van der Waals surface area contributed by atoms with Crippen LogP contribution in [0.3, 0.4) is 0 Å². The van der Waals surface area contributed by atoms with Gasteiger partial charge in [-0.1, -0.05) is 18.9 Å². The quantitative estimate of drug-likeness (QED) is 0.406. The zero-order valence-electron chi connectivity index (χ0n) is 14.4. The van der Waals surface area contributed by atoms with Crippen LogP contribution in [0, 0.1) is 12.3 Å². The van der Waals surface area contributed by atoms with Gasteiger partial charge in [0, 0.05) is 6.42 Å². The van der Waals surface area contributed by atoms with Crippen molar-refractivity contribution in [1.29, 1.82) is 0 Å². The fourth-order valence-corrected chi connectivity index (χ4v) is 2.61. The van der Waals surface area contributed by atoms with E-state index in [4.69, 9.17) is 20.3 Å². The van der Waals surface area contributed by atoms with Gasteiger partial charge in [-0.05, 0) is 42.5 Å². The molecule has 0 spiro atoms. The van der Waals surface area contributed by atoms with E-state index in [9.17, 15) is 9.90 Å². The van der Waals surface area contributed by atoms with Gasteiger partial charge >= 0.3 is 5.97 Å². The molecule has 0 bridgehead atoms. The first-order valence-corrected chi connectivity index (χ1v) is 8.67. The van der Waals surface area contributed by atoms with Gasteiger partial charge in [-0.15, -0.1) is 16.6 Å². The lowest BCUT2D eigenvalue weighted by molar-refractivity contribution is -0.131. The molecule has 0 unspecified atom stereocenters. The van der Waals surface area contributed by atoms with E-state index in [1.54, 1.807) is 18.2 Å². The predicted octanol–water partition coefficient (Wildman–Crippen LogP) is 3.26. The Morgan fingerprint density at radius 1 is 1.35 bits per heavy atom. The van der Waals surface area contributed by atoms with Crippen LogP contribution in [0.15, 0.2) is 32.7 Å². The second-order valence-corrected chi connectivity index (χ2v) is 5.86. The van der Waals surface area contributed by atoms with Crippen LogP contribution in [0.1, 0.15) is 25.3 Å². The van der Waals surface area contributed by atoms with Crippen LogP contribution in [-0.2, 0) is 11.2 Å². The summed E-state index contributed by atoms with van der Waals surface area (Å²) in [5, 5.41) is 17.3. The third kappa shape index (κ3) is 5.29.